The average Bonchev–Trinajstić information content (AvgIpc) is 2.84. The number of benzene rings is 1. The van der Waals surface area contributed by atoms with Crippen molar-refractivity contribution in [3.63, 3.8) is 0 Å². The van der Waals surface area contributed by atoms with E-state index < -0.39 is 21.8 Å². The van der Waals surface area contributed by atoms with Gasteiger partial charge in [0.2, 0.25) is 0 Å². The number of carboxylic acids is 1. The van der Waals surface area contributed by atoms with Crippen molar-refractivity contribution in [3.8, 4) is 0 Å². The third-order valence-corrected chi connectivity index (χ3v) is 5.34. The number of carboxylic acid groups (broad SMARTS) is 1. The molecule has 0 saturated carbocycles. The van der Waals surface area contributed by atoms with Crippen LogP contribution in [0.2, 0.25) is 0 Å². The van der Waals surface area contributed by atoms with E-state index in [-0.39, 0.29) is 19.9 Å². The van der Waals surface area contributed by atoms with Crippen LogP contribution >= 0.6 is 27.3 Å². The number of carbonyl (C=O) groups is 1. The highest BCUT2D eigenvalue weighted by atomic mass is 79.9. The molecule has 1 aromatic carbocycles. The molecule has 1 aromatic heterocycles. The third-order valence-electron chi connectivity index (χ3n) is 2.27. The Labute approximate surface area is 126 Å². The van der Waals surface area contributed by atoms with Crippen LogP contribution in [-0.2, 0) is 10.0 Å². The summed E-state index contributed by atoms with van der Waals surface area (Å²) in [6.07, 6.45) is 0. The summed E-state index contributed by atoms with van der Waals surface area (Å²) in [5.41, 5.74) is 0.0498. The summed E-state index contributed by atoms with van der Waals surface area (Å²) < 4.78 is 39.7. The first-order valence-corrected chi connectivity index (χ1v) is 8.25. The number of rotatable bonds is 4. The Morgan fingerprint density at radius 3 is 2.60 bits per heavy atom. The Kier molecular flexibility index (Phi) is 4.11. The first kappa shape index (κ1) is 14.9. The standard InChI is InChI=1S/C11H7BrFNO4S2/c12-8-2-1-6(3-9(8)13)14-20(17,18)7-4-10(11(15)16)19-5-7/h1-5,14H,(H,15,16). The molecule has 2 rings (SSSR count). The highest BCUT2D eigenvalue weighted by molar-refractivity contribution is 9.10. The van der Waals surface area contributed by atoms with Gasteiger partial charge in [-0.1, -0.05) is 0 Å². The molecule has 0 saturated heterocycles. The van der Waals surface area contributed by atoms with Gasteiger partial charge in [-0.25, -0.2) is 17.6 Å². The van der Waals surface area contributed by atoms with Crippen molar-refractivity contribution in [3.05, 3.63) is 44.8 Å². The first-order chi connectivity index (χ1) is 9.29. The predicted octanol–water partition coefficient (Wildman–Crippen LogP) is 3.15. The van der Waals surface area contributed by atoms with Gasteiger partial charge in [0.25, 0.3) is 10.0 Å². The van der Waals surface area contributed by atoms with E-state index in [0.29, 0.717) is 0 Å². The highest BCUT2D eigenvalue weighted by Crippen LogP contribution is 2.24. The molecule has 1 heterocycles. The van der Waals surface area contributed by atoms with Gasteiger partial charge in [-0.3, -0.25) is 4.72 Å². The van der Waals surface area contributed by atoms with Gasteiger partial charge in [0, 0.05) is 5.38 Å². The lowest BCUT2D eigenvalue weighted by atomic mass is 10.3. The minimum atomic E-state index is -3.94. The first-order valence-electron chi connectivity index (χ1n) is 5.09. The summed E-state index contributed by atoms with van der Waals surface area (Å²) in [4.78, 5) is 10.5. The van der Waals surface area contributed by atoms with Gasteiger partial charge in [0.05, 0.1) is 15.1 Å². The average molecular weight is 380 g/mol. The third kappa shape index (κ3) is 3.17. The van der Waals surface area contributed by atoms with E-state index >= 15 is 0 Å². The number of halogens is 2. The molecule has 0 amide bonds. The zero-order chi connectivity index (χ0) is 14.9. The zero-order valence-corrected chi connectivity index (χ0v) is 12.9. The smallest absolute Gasteiger partial charge is 0.345 e. The molecule has 0 spiro atoms. The van der Waals surface area contributed by atoms with E-state index in [1.165, 1.54) is 17.5 Å². The van der Waals surface area contributed by atoms with Crippen molar-refractivity contribution in [1.29, 1.82) is 0 Å². The van der Waals surface area contributed by atoms with Crippen LogP contribution in [0.4, 0.5) is 10.1 Å². The molecule has 106 valence electrons. The van der Waals surface area contributed by atoms with Crippen molar-refractivity contribution in [1.82, 2.24) is 0 Å². The van der Waals surface area contributed by atoms with Gasteiger partial charge < -0.3 is 5.11 Å². The summed E-state index contributed by atoms with van der Waals surface area (Å²) >= 11 is 3.76. The van der Waals surface area contributed by atoms with Crippen molar-refractivity contribution in [2.24, 2.45) is 0 Å². The molecule has 5 nitrogen and oxygen atoms in total. The fourth-order valence-corrected chi connectivity index (χ4v) is 3.75. The Bertz CT molecular complexity index is 772. The Hall–Kier alpha value is -1.45. The minimum absolute atomic E-state index is 0.0498. The molecule has 2 aromatic rings. The second-order valence-electron chi connectivity index (χ2n) is 3.69. The Morgan fingerprint density at radius 1 is 1.35 bits per heavy atom. The van der Waals surface area contributed by atoms with E-state index in [1.54, 1.807) is 0 Å². The van der Waals surface area contributed by atoms with Gasteiger partial charge in [-0.05, 0) is 40.2 Å². The van der Waals surface area contributed by atoms with Crippen LogP contribution in [0.25, 0.3) is 0 Å². The summed E-state index contributed by atoms with van der Waals surface area (Å²) in [6, 6.07) is 4.81. The number of anilines is 1. The lowest BCUT2D eigenvalue weighted by molar-refractivity contribution is 0.0702. The molecule has 9 heteroatoms. The number of sulfonamides is 1. The normalized spacial score (nSPS) is 11.3. The summed E-state index contributed by atoms with van der Waals surface area (Å²) in [6.45, 7) is 0. The fourth-order valence-electron chi connectivity index (χ4n) is 1.35. The van der Waals surface area contributed by atoms with Gasteiger partial charge in [0.15, 0.2) is 0 Å². The molecule has 0 unspecified atom stereocenters. The predicted molar refractivity (Wildman–Crippen MR) is 76.2 cm³/mol. The molecule has 0 bridgehead atoms. The van der Waals surface area contributed by atoms with Crippen LogP contribution in [0, 0.1) is 5.82 Å². The lowest BCUT2D eigenvalue weighted by Crippen LogP contribution is -2.12. The van der Waals surface area contributed by atoms with Gasteiger partial charge in [-0.15, -0.1) is 11.3 Å². The Balaban J connectivity index is 2.30. The maximum absolute atomic E-state index is 13.3. The Morgan fingerprint density at radius 2 is 2.05 bits per heavy atom. The topological polar surface area (TPSA) is 83.5 Å². The van der Waals surface area contributed by atoms with Crippen LogP contribution in [-0.4, -0.2) is 19.5 Å². The molecule has 0 aliphatic carbocycles. The molecule has 0 aliphatic heterocycles. The molecule has 0 aliphatic rings. The fraction of sp³-hybridized carbons (Fsp3) is 0. The molecule has 0 fully saturated rings. The van der Waals surface area contributed by atoms with E-state index in [0.717, 1.165) is 23.5 Å². The van der Waals surface area contributed by atoms with Gasteiger partial charge in [0.1, 0.15) is 10.7 Å². The van der Waals surface area contributed by atoms with Crippen LogP contribution in [0.5, 0.6) is 0 Å². The molecule has 20 heavy (non-hydrogen) atoms. The highest BCUT2D eigenvalue weighted by Gasteiger charge is 2.19. The van der Waals surface area contributed by atoms with Gasteiger partial charge in [-0.2, -0.15) is 0 Å². The van der Waals surface area contributed by atoms with Crippen LogP contribution in [0.1, 0.15) is 9.67 Å². The van der Waals surface area contributed by atoms with Crippen molar-refractivity contribution >= 4 is 48.9 Å². The van der Waals surface area contributed by atoms with Gasteiger partial charge >= 0.3 is 5.97 Å². The van der Waals surface area contributed by atoms with E-state index in [9.17, 15) is 17.6 Å². The number of hydrogen-bond acceptors (Lipinski definition) is 4. The van der Waals surface area contributed by atoms with Crippen molar-refractivity contribution in [2.45, 2.75) is 4.90 Å². The molecule has 0 atom stereocenters. The monoisotopic (exact) mass is 379 g/mol. The van der Waals surface area contributed by atoms with E-state index in [2.05, 4.69) is 20.7 Å². The quantitative estimate of drug-likeness (QED) is 0.854. The van der Waals surface area contributed by atoms with E-state index in [4.69, 9.17) is 5.11 Å². The SMILES string of the molecule is O=C(O)c1cc(S(=O)(=O)Nc2ccc(Br)c(F)c2)cs1. The molecular formula is C11H7BrFNO4S2. The number of hydrogen-bond donors (Lipinski definition) is 2. The molecule has 2 N–H and O–H groups in total. The second-order valence-corrected chi connectivity index (χ2v) is 7.13. The van der Waals surface area contributed by atoms with Crippen LogP contribution in [0.15, 0.2) is 39.0 Å². The van der Waals surface area contributed by atoms with Crippen molar-refractivity contribution < 1.29 is 22.7 Å². The number of nitrogens with one attached hydrogen (secondary N) is 1. The summed E-state index contributed by atoms with van der Waals surface area (Å²) in [5, 5.41) is 9.97. The number of aromatic carboxylic acids is 1. The van der Waals surface area contributed by atoms with Crippen LogP contribution in [0.3, 0.4) is 0 Å². The maximum atomic E-state index is 13.3. The zero-order valence-electron chi connectivity index (χ0n) is 9.63. The van der Waals surface area contributed by atoms with E-state index in [1.807, 2.05) is 0 Å². The minimum Gasteiger partial charge on any atom is -0.477 e. The maximum Gasteiger partial charge on any atom is 0.345 e. The summed E-state index contributed by atoms with van der Waals surface area (Å²) in [5.74, 6) is -1.81. The molecule has 0 radical (unpaired) electrons. The summed E-state index contributed by atoms with van der Waals surface area (Å²) in [7, 11) is -3.94. The number of thiophene rings is 1. The largest absolute Gasteiger partial charge is 0.477 e. The van der Waals surface area contributed by atoms with Crippen LogP contribution < -0.4 is 4.72 Å². The lowest BCUT2D eigenvalue weighted by Gasteiger charge is -2.06. The second kappa shape index (κ2) is 5.51. The molecular weight excluding hydrogens is 373 g/mol. The van der Waals surface area contributed by atoms with Crippen molar-refractivity contribution in [2.75, 3.05) is 4.72 Å².